The summed E-state index contributed by atoms with van der Waals surface area (Å²) in [5.41, 5.74) is 0.971. The van der Waals surface area contributed by atoms with Gasteiger partial charge in [-0.3, -0.25) is 4.79 Å². The second-order valence-corrected chi connectivity index (χ2v) is 5.44. The second kappa shape index (κ2) is 4.44. The van der Waals surface area contributed by atoms with Crippen molar-refractivity contribution in [2.24, 2.45) is 5.92 Å². The van der Waals surface area contributed by atoms with Crippen LogP contribution in [0.5, 0.6) is 0 Å². The van der Waals surface area contributed by atoms with Crippen molar-refractivity contribution in [2.45, 2.75) is 18.8 Å². The van der Waals surface area contributed by atoms with Gasteiger partial charge in [0.25, 0.3) is 0 Å². The SMILES string of the molecule is CC1CC1(C(=O)O)c1ccc(-c2ccccc2)c(F)c1. The summed E-state index contributed by atoms with van der Waals surface area (Å²) in [4.78, 5) is 11.4. The number of hydrogen-bond donors (Lipinski definition) is 1. The van der Waals surface area contributed by atoms with Crippen molar-refractivity contribution in [2.75, 3.05) is 0 Å². The largest absolute Gasteiger partial charge is 0.481 e. The summed E-state index contributed by atoms with van der Waals surface area (Å²) in [6, 6.07) is 14.0. The zero-order valence-electron chi connectivity index (χ0n) is 11.1. The lowest BCUT2D eigenvalue weighted by atomic mass is 9.91. The van der Waals surface area contributed by atoms with Crippen molar-refractivity contribution < 1.29 is 14.3 Å². The van der Waals surface area contributed by atoms with Crippen LogP contribution in [-0.4, -0.2) is 11.1 Å². The topological polar surface area (TPSA) is 37.3 Å². The van der Waals surface area contributed by atoms with E-state index in [1.165, 1.54) is 6.07 Å². The number of carboxylic acids is 1. The predicted molar refractivity (Wildman–Crippen MR) is 74.9 cm³/mol. The summed E-state index contributed by atoms with van der Waals surface area (Å²) >= 11 is 0. The molecule has 2 nitrogen and oxygen atoms in total. The van der Waals surface area contributed by atoms with E-state index in [2.05, 4.69) is 0 Å². The van der Waals surface area contributed by atoms with E-state index < -0.39 is 11.4 Å². The number of carbonyl (C=O) groups is 1. The zero-order valence-corrected chi connectivity index (χ0v) is 11.1. The van der Waals surface area contributed by atoms with Gasteiger partial charge in [0.1, 0.15) is 5.82 Å². The minimum Gasteiger partial charge on any atom is -0.481 e. The highest BCUT2D eigenvalue weighted by molar-refractivity contribution is 5.86. The van der Waals surface area contributed by atoms with Crippen LogP contribution in [0.2, 0.25) is 0 Å². The molecule has 1 aliphatic carbocycles. The van der Waals surface area contributed by atoms with Gasteiger partial charge in [0.15, 0.2) is 0 Å². The third-order valence-electron chi connectivity index (χ3n) is 4.26. The fourth-order valence-corrected chi connectivity index (χ4v) is 2.89. The van der Waals surface area contributed by atoms with E-state index in [4.69, 9.17) is 0 Å². The molecule has 2 unspecified atom stereocenters. The van der Waals surface area contributed by atoms with Gasteiger partial charge < -0.3 is 5.11 Å². The first-order valence-electron chi connectivity index (χ1n) is 6.64. The number of halogens is 1. The van der Waals surface area contributed by atoms with E-state index in [1.54, 1.807) is 12.1 Å². The second-order valence-electron chi connectivity index (χ2n) is 5.44. The van der Waals surface area contributed by atoms with Crippen LogP contribution in [0.1, 0.15) is 18.9 Å². The number of benzene rings is 2. The van der Waals surface area contributed by atoms with E-state index in [1.807, 2.05) is 37.3 Å². The molecular formula is C17H15FO2. The molecule has 0 aliphatic heterocycles. The Bertz CT molecular complexity index is 666. The monoisotopic (exact) mass is 270 g/mol. The molecule has 3 heteroatoms. The van der Waals surface area contributed by atoms with Crippen molar-refractivity contribution in [3.63, 3.8) is 0 Å². The molecule has 0 saturated heterocycles. The van der Waals surface area contributed by atoms with Crippen LogP contribution >= 0.6 is 0 Å². The van der Waals surface area contributed by atoms with Crippen LogP contribution in [0.15, 0.2) is 48.5 Å². The van der Waals surface area contributed by atoms with E-state index in [0.717, 1.165) is 5.56 Å². The lowest BCUT2D eigenvalue weighted by Gasteiger charge is -2.13. The van der Waals surface area contributed by atoms with E-state index >= 15 is 0 Å². The summed E-state index contributed by atoms with van der Waals surface area (Å²) in [5, 5.41) is 9.38. The molecule has 20 heavy (non-hydrogen) atoms. The Kier molecular flexibility index (Phi) is 2.85. The Labute approximate surface area is 116 Å². The van der Waals surface area contributed by atoms with Crippen LogP contribution in [0.25, 0.3) is 11.1 Å². The van der Waals surface area contributed by atoms with Crippen LogP contribution in [0, 0.1) is 11.7 Å². The maximum atomic E-state index is 14.3. The molecule has 3 rings (SSSR count). The Morgan fingerprint density at radius 1 is 1.25 bits per heavy atom. The average Bonchev–Trinajstić information content (AvgIpc) is 3.13. The van der Waals surface area contributed by atoms with Crippen molar-refractivity contribution in [3.05, 3.63) is 59.9 Å². The number of aliphatic carboxylic acids is 1. The normalized spacial score (nSPS) is 24.4. The van der Waals surface area contributed by atoms with Crippen LogP contribution < -0.4 is 0 Å². The highest BCUT2D eigenvalue weighted by atomic mass is 19.1. The molecule has 0 bridgehead atoms. The van der Waals surface area contributed by atoms with E-state index in [-0.39, 0.29) is 11.7 Å². The van der Waals surface area contributed by atoms with Crippen LogP contribution in [0.4, 0.5) is 4.39 Å². The number of rotatable bonds is 3. The molecular weight excluding hydrogens is 255 g/mol. The number of carboxylic acid groups (broad SMARTS) is 1. The minimum absolute atomic E-state index is 0.0574. The maximum absolute atomic E-state index is 14.3. The van der Waals surface area contributed by atoms with E-state index in [0.29, 0.717) is 17.5 Å². The van der Waals surface area contributed by atoms with Crippen LogP contribution in [-0.2, 0) is 10.2 Å². The molecule has 1 aliphatic rings. The summed E-state index contributed by atoms with van der Waals surface area (Å²) in [5.74, 6) is -1.17. The van der Waals surface area contributed by atoms with E-state index in [9.17, 15) is 14.3 Å². The molecule has 0 heterocycles. The van der Waals surface area contributed by atoms with Gasteiger partial charge in [-0.1, -0.05) is 49.4 Å². The van der Waals surface area contributed by atoms with Gasteiger partial charge in [-0.25, -0.2) is 4.39 Å². The fourth-order valence-electron chi connectivity index (χ4n) is 2.89. The zero-order chi connectivity index (χ0) is 14.3. The molecule has 2 aromatic carbocycles. The maximum Gasteiger partial charge on any atom is 0.314 e. The van der Waals surface area contributed by atoms with Crippen molar-refractivity contribution in [3.8, 4) is 11.1 Å². The number of hydrogen-bond acceptors (Lipinski definition) is 1. The molecule has 0 radical (unpaired) electrons. The first-order chi connectivity index (χ1) is 9.55. The molecule has 0 amide bonds. The van der Waals surface area contributed by atoms with Gasteiger partial charge in [0, 0.05) is 5.56 Å². The summed E-state index contributed by atoms with van der Waals surface area (Å²) < 4.78 is 14.3. The molecule has 1 N–H and O–H groups in total. The van der Waals surface area contributed by atoms with Gasteiger partial charge in [-0.05, 0) is 29.5 Å². The first-order valence-corrected chi connectivity index (χ1v) is 6.64. The standard InChI is InChI=1S/C17H15FO2/c1-11-10-17(11,16(19)20)13-7-8-14(15(18)9-13)12-5-3-2-4-6-12/h2-9,11H,10H2,1H3,(H,19,20). The molecule has 1 fully saturated rings. The van der Waals surface area contributed by atoms with Gasteiger partial charge in [0.05, 0.1) is 5.41 Å². The molecule has 2 aromatic rings. The molecule has 0 spiro atoms. The molecule has 2 atom stereocenters. The molecule has 102 valence electrons. The lowest BCUT2D eigenvalue weighted by Crippen LogP contribution is -2.22. The third kappa shape index (κ3) is 1.82. The summed E-state index contributed by atoms with van der Waals surface area (Å²) in [7, 11) is 0. The van der Waals surface area contributed by atoms with Crippen LogP contribution in [0.3, 0.4) is 0 Å². The van der Waals surface area contributed by atoms with Gasteiger partial charge in [0.2, 0.25) is 0 Å². The Morgan fingerprint density at radius 3 is 2.40 bits per heavy atom. The van der Waals surface area contributed by atoms with Gasteiger partial charge in [-0.2, -0.15) is 0 Å². The van der Waals surface area contributed by atoms with Gasteiger partial charge >= 0.3 is 5.97 Å². The third-order valence-corrected chi connectivity index (χ3v) is 4.26. The smallest absolute Gasteiger partial charge is 0.314 e. The van der Waals surface area contributed by atoms with Gasteiger partial charge in [-0.15, -0.1) is 0 Å². The van der Waals surface area contributed by atoms with Crippen molar-refractivity contribution in [1.29, 1.82) is 0 Å². The Hall–Kier alpha value is -2.16. The summed E-state index contributed by atoms with van der Waals surface area (Å²) in [6.45, 7) is 1.89. The lowest BCUT2D eigenvalue weighted by molar-refractivity contribution is -0.140. The molecule has 1 saturated carbocycles. The average molecular weight is 270 g/mol. The Balaban J connectivity index is 2.03. The van der Waals surface area contributed by atoms with Crippen molar-refractivity contribution >= 4 is 5.97 Å². The first kappa shape index (κ1) is 12.9. The minimum atomic E-state index is -0.893. The quantitative estimate of drug-likeness (QED) is 0.919. The Morgan fingerprint density at radius 2 is 1.90 bits per heavy atom. The fraction of sp³-hybridized carbons (Fsp3) is 0.235. The predicted octanol–water partition coefficient (Wildman–Crippen LogP) is 3.85. The highest BCUT2D eigenvalue weighted by Gasteiger charge is 2.59. The molecule has 0 aromatic heterocycles. The highest BCUT2D eigenvalue weighted by Crippen LogP contribution is 2.54. The summed E-state index contributed by atoms with van der Waals surface area (Å²) in [6.07, 6.45) is 0.576. The van der Waals surface area contributed by atoms with Crippen molar-refractivity contribution in [1.82, 2.24) is 0 Å².